The third-order valence-electron chi connectivity index (χ3n) is 10.8. The van der Waals surface area contributed by atoms with Gasteiger partial charge in [0.25, 0.3) is 0 Å². The second-order valence-corrected chi connectivity index (χ2v) is 16.4. The average molecular weight is 591 g/mol. The van der Waals surface area contributed by atoms with E-state index >= 15 is 0 Å². The molecular weight excluding hydrogens is 545 g/mol. The molecule has 0 spiro atoms. The summed E-state index contributed by atoms with van der Waals surface area (Å²) in [6, 6.07) is 0. The van der Waals surface area contributed by atoms with E-state index < -0.39 is 22.0 Å². The van der Waals surface area contributed by atoms with Crippen molar-refractivity contribution in [3.05, 3.63) is 0 Å². The molecule has 10 heteroatoms. The minimum absolute atomic E-state index is 0.0617. The van der Waals surface area contributed by atoms with Crippen LogP contribution in [0.25, 0.3) is 0 Å². The van der Waals surface area contributed by atoms with Crippen LogP contribution in [0.4, 0.5) is 0 Å². The summed E-state index contributed by atoms with van der Waals surface area (Å²) < 4.78 is 30.4. The Kier molecular flexibility index (Phi) is 8.59. The van der Waals surface area contributed by atoms with Crippen LogP contribution in [-0.4, -0.2) is 79.8 Å². The molecule has 11 atom stereocenters. The standard InChI is InChI=1S/C26H45NO7SSe/c1-15(13-36-14-23(31)27-8-9-35(32,33)34)18-4-5-19-24-20(12-22(30)26(18,19)3)25(2)7-6-17(28)10-16(25)11-21(24)29/h15-22,24,28-30H,4-14H2,1-3H3,(H,27,31)(H,32,33,34)/t15-,16+,17-,18-,19+,20+,21-,22+,24+,25+,26-/m1/s1/i36-4. The van der Waals surface area contributed by atoms with Crippen molar-refractivity contribution in [3.63, 3.8) is 0 Å². The molecule has 0 radical (unpaired) electrons. The zero-order valence-corrected chi connectivity index (χ0v) is 24.3. The van der Waals surface area contributed by atoms with Gasteiger partial charge in [-0.15, -0.1) is 0 Å². The quantitative estimate of drug-likeness (QED) is 0.215. The Morgan fingerprint density at radius 1 is 1.08 bits per heavy atom. The molecule has 0 aromatic rings. The van der Waals surface area contributed by atoms with Gasteiger partial charge in [-0.2, -0.15) is 0 Å². The Balaban J connectivity index is 1.39. The van der Waals surface area contributed by atoms with Gasteiger partial charge in [0.15, 0.2) is 0 Å². The summed E-state index contributed by atoms with van der Waals surface area (Å²) in [5.74, 6) is 1.12. The Hall–Kier alpha value is -0.221. The third kappa shape index (κ3) is 5.43. The molecule has 0 heterocycles. The van der Waals surface area contributed by atoms with Crippen LogP contribution >= 0.6 is 0 Å². The van der Waals surface area contributed by atoms with Crippen molar-refractivity contribution in [1.29, 1.82) is 0 Å². The molecule has 0 aromatic carbocycles. The molecular formula is C26H45NO7SSe. The van der Waals surface area contributed by atoms with Gasteiger partial charge >= 0.3 is 223 Å². The number of aliphatic hydroxyl groups excluding tert-OH is 3. The molecule has 36 heavy (non-hydrogen) atoms. The molecule has 4 aliphatic carbocycles. The van der Waals surface area contributed by atoms with Gasteiger partial charge in [0.2, 0.25) is 0 Å². The number of hydrogen-bond acceptors (Lipinski definition) is 6. The van der Waals surface area contributed by atoms with Gasteiger partial charge in [0.1, 0.15) is 0 Å². The van der Waals surface area contributed by atoms with Gasteiger partial charge in [-0.3, -0.25) is 0 Å². The van der Waals surface area contributed by atoms with E-state index in [1.54, 1.807) is 0 Å². The molecule has 0 aromatic heterocycles. The summed E-state index contributed by atoms with van der Waals surface area (Å²) in [6.45, 7) is 6.74. The number of aliphatic hydroxyl groups is 3. The molecule has 8 nitrogen and oxygen atoms in total. The summed E-state index contributed by atoms with van der Waals surface area (Å²) in [5, 5.41) is 37.2. The van der Waals surface area contributed by atoms with Crippen LogP contribution in [0.15, 0.2) is 0 Å². The first-order valence-electron chi connectivity index (χ1n) is 13.6. The fourth-order valence-corrected chi connectivity index (χ4v) is 11.4. The van der Waals surface area contributed by atoms with E-state index in [1.165, 1.54) is 0 Å². The minimum atomic E-state index is -4.08. The molecule has 4 saturated carbocycles. The number of amides is 1. The van der Waals surface area contributed by atoms with Crippen molar-refractivity contribution in [2.24, 2.45) is 46.3 Å². The van der Waals surface area contributed by atoms with Gasteiger partial charge in [-0.25, -0.2) is 0 Å². The van der Waals surface area contributed by atoms with Gasteiger partial charge in [0, 0.05) is 0 Å². The van der Waals surface area contributed by atoms with Gasteiger partial charge in [0.05, 0.1) is 0 Å². The monoisotopic (exact) mass is 590 g/mol. The predicted molar refractivity (Wildman–Crippen MR) is 138 cm³/mol. The third-order valence-corrected chi connectivity index (χ3v) is 14.1. The number of nitrogens with one attached hydrogen (secondary N) is 1. The molecule has 4 aliphatic rings. The van der Waals surface area contributed by atoms with Gasteiger partial charge < -0.3 is 0 Å². The van der Waals surface area contributed by atoms with Crippen LogP contribution in [0.5, 0.6) is 0 Å². The Morgan fingerprint density at radius 2 is 1.81 bits per heavy atom. The van der Waals surface area contributed by atoms with Crippen LogP contribution in [0.2, 0.25) is 10.6 Å². The van der Waals surface area contributed by atoms with Crippen molar-refractivity contribution >= 4 is 31.0 Å². The van der Waals surface area contributed by atoms with Crippen molar-refractivity contribution < 1.29 is 33.1 Å². The van der Waals surface area contributed by atoms with Crippen LogP contribution in [-0.2, 0) is 14.9 Å². The number of hydrogen-bond donors (Lipinski definition) is 5. The number of fused-ring (bicyclic) bond motifs is 5. The summed E-state index contributed by atoms with van der Waals surface area (Å²) in [4.78, 5) is 12.1. The SMILES string of the molecule is C[C@H](C[75Se]CC(=O)NCCS(=O)(=O)O)[C@H]1CC[C@H]2[C@@H]3[C@H](O)C[C@@H]4C[C@H](O)CC[C@]4(C)[C@H]3C[C@H](O)[C@]12C. The van der Waals surface area contributed by atoms with E-state index in [4.69, 9.17) is 4.55 Å². The summed E-state index contributed by atoms with van der Waals surface area (Å²) >= 11 is 0.0617. The van der Waals surface area contributed by atoms with Crippen LogP contribution in [0.1, 0.15) is 65.7 Å². The number of carbonyl (C=O) groups excluding carboxylic acids is 1. The first-order chi connectivity index (χ1) is 16.8. The topological polar surface area (TPSA) is 144 Å². The second kappa shape index (κ2) is 10.7. The number of carbonyl (C=O) groups is 1. The fraction of sp³-hybridized carbons (Fsp3) is 0.962. The van der Waals surface area contributed by atoms with Gasteiger partial charge in [-0.1, -0.05) is 0 Å². The van der Waals surface area contributed by atoms with Crippen molar-refractivity contribution in [1.82, 2.24) is 5.32 Å². The molecule has 0 aliphatic heterocycles. The maximum atomic E-state index is 12.1. The van der Waals surface area contributed by atoms with E-state index in [0.717, 1.165) is 50.3 Å². The Bertz CT molecular complexity index is 918. The molecule has 0 unspecified atom stereocenters. The van der Waals surface area contributed by atoms with E-state index in [0.29, 0.717) is 23.1 Å². The van der Waals surface area contributed by atoms with E-state index in [1.807, 2.05) is 0 Å². The zero-order chi connectivity index (χ0) is 26.5. The van der Waals surface area contributed by atoms with E-state index in [9.17, 15) is 28.5 Å². The Labute approximate surface area is 222 Å². The van der Waals surface area contributed by atoms with E-state index in [-0.39, 0.29) is 68.2 Å². The van der Waals surface area contributed by atoms with Gasteiger partial charge in [-0.05, 0) is 0 Å². The molecule has 0 bridgehead atoms. The maximum absolute atomic E-state index is 12.1. The first kappa shape index (κ1) is 28.8. The van der Waals surface area contributed by atoms with Crippen LogP contribution in [0, 0.1) is 46.3 Å². The second-order valence-electron chi connectivity index (χ2n) is 12.7. The summed E-state index contributed by atoms with van der Waals surface area (Å²) in [7, 11) is -4.08. The van der Waals surface area contributed by atoms with Crippen molar-refractivity contribution in [2.45, 2.75) is 94.7 Å². The molecule has 5 N–H and O–H groups in total. The van der Waals surface area contributed by atoms with E-state index in [2.05, 4.69) is 26.1 Å². The fourth-order valence-electron chi connectivity index (χ4n) is 8.96. The molecule has 0 saturated heterocycles. The Morgan fingerprint density at radius 3 is 2.50 bits per heavy atom. The molecule has 1 amide bonds. The first-order valence-corrected chi connectivity index (χ1v) is 17.6. The van der Waals surface area contributed by atoms with Crippen LogP contribution in [0.3, 0.4) is 0 Å². The van der Waals surface area contributed by atoms with Crippen molar-refractivity contribution in [2.75, 3.05) is 12.3 Å². The zero-order valence-electron chi connectivity index (χ0n) is 21.8. The van der Waals surface area contributed by atoms with Crippen molar-refractivity contribution in [3.8, 4) is 0 Å². The predicted octanol–water partition coefficient (Wildman–Crippen LogP) is 2.13. The average Bonchev–Trinajstić information content (AvgIpc) is 3.13. The summed E-state index contributed by atoms with van der Waals surface area (Å²) in [6.07, 6.45) is 5.03. The normalized spacial score (nSPS) is 45.3. The molecule has 4 rings (SSSR count). The molecule has 4 fully saturated rings. The summed E-state index contributed by atoms with van der Waals surface area (Å²) in [5.41, 5.74) is -0.173. The molecule has 208 valence electrons. The van der Waals surface area contributed by atoms with Crippen LogP contribution < -0.4 is 5.32 Å². The number of rotatable bonds is 8.